The summed E-state index contributed by atoms with van der Waals surface area (Å²) in [6.45, 7) is 0.268. The number of nitrogens with one attached hydrogen (secondary N) is 1. The average molecular weight is 420 g/mol. The van der Waals surface area contributed by atoms with Gasteiger partial charge in [0.1, 0.15) is 5.82 Å². The standard InChI is InChI=1S/C20H16Cl2FN3O2/c21-14-5-8-16(22)18(12-14)24-19(27)2-1-11-26-20(28)10-9-17(25-26)13-3-6-15(23)7-4-13/h3-10,12H,1-2,11H2,(H,24,27). The molecule has 1 heterocycles. The molecule has 2 aromatic carbocycles. The molecule has 28 heavy (non-hydrogen) atoms. The lowest BCUT2D eigenvalue weighted by Gasteiger charge is -2.09. The van der Waals surface area contributed by atoms with Gasteiger partial charge >= 0.3 is 0 Å². The molecule has 1 N–H and O–H groups in total. The Hall–Kier alpha value is -2.70. The van der Waals surface area contributed by atoms with Crippen molar-refractivity contribution in [1.82, 2.24) is 9.78 Å². The quantitative estimate of drug-likeness (QED) is 0.625. The van der Waals surface area contributed by atoms with Crippen molar-refractivity contribution in [2.45, 2.75) is 19.4 Å². The van der Waals surface area contributed by atoms with Gasteiger partial charge < -0.3 is 5.32 Å². The van der Waals surface area contributed by atoms with Gasteiger partial charge in [0, 0.05) is 29.6 Å². The van der Waals surface area contributed by atoms with Crippen molar-refractivity contribution in [3.8, 4) is 11.3 Å². The van der Waals surface area contributed by atoms with Crippen molar-refractivity contribution in [3.63, 3.8) is 0 Å². The predicted molar refractivity (Wildman–Crippen MR) is 108 cm³/mol. The number of amides is 1. The Kier molecular flexibility index (Phi) is 6.44. The smallest absolute Gasteiger partial charge is 0.266 e. The Morgan fingerprint density at radius 2 is 1.82 bits per heavy atom. The zero-order valence-electron chi connectivity index (χ0n) is 14.7. The van der Waals surface area contributed by atoms with Crippen LogP contribution in [0.1, 0.15) is 12.8 Å². The Balaban J connectivity index is 1.62. The van der Waals surface area contributed by atoms with E-state index >= 15 is 0 Å². The molecule has 144 valence electrons. The lowest BCUT2D eigenvalue weighted by atomic mass is 10.1. The van der Waals surface area contributed by atoms with Gasteiger partial charge in [-0.2, -0.15) is 5.10 Å². The summed E-state index contributed by atoms with van der Waals surface area (Å²) in [5, 5.41) is 7.84. The number of aromatic nitrogens is 2. The van der Waals surface area contributed by atoms with Crippen LogP contribution >= 0.6 is 23.2 Å². The summed E-state index contributed by atoms with van der Waals surface area (Å²) in [5.41, 5.74) is 1.41. The first-order chi connectivity index (χ1) is 13.4. The molecular weight excluding hydrogens is 404 g/mol. The molecule has 0 aliphatic heterocycles. The van der Waals surface area contributed by atoms with Crippen molar-refractivity contribution in [3.05, 3.63) is 80.8 Å². The molecule has 0 saturated heterocycles. The summed E-state index contributed by atoms with van der Waals surface area (Å²) in [5.74, 6) is -0.588. The van der Waals surface area contributed by atoms with Gasteiger partial charge in [0.25, 0.3) is 5.56 Å². The van der Waals surface area contributed by atoms with Crippen LogP contribution in [0.3, 0.4) is 0 Å². The molecule has 0 aliphatic rings. The highest BCUT2D eigenvalue weighted by atomic mass is 35.5. The first kappa shape index (κ1) is 20.0. The van der Waals surface area contributed by atoms with E-state index < -0.39 is 0 Å². The van der Waals surface area contributed by atoms with Crippen LogP contribution in [-0.2, 0) is 11.3 Å². The SMILES string of the molecule is O=C(CCCn1nc(-c2ccc(F)cc2)ccc1=O)Nc1cc(Cl)ccc1Cl. The van der Waals surface area contributed by atoms with Crippen LogP contribution in [0.25, 0.3) is 11.3 Å². The number of anilines is 1. The van der Waals surface area contributed by atoms with Gasteiger partial charge in [-0.25, -0.2) is 9.07 Å². The van der Waals surface area contributed by atoms with E-state index in [1.165, 1.54) is 22.9 Å². The fourth-order valence-electron chi connectivity index (χ4n) is 2.58. The van der Waals surface area contributed by atoms with Gasteiger partial charge in [0.05, 0.1) is 16.4 Å². The third kappa shape index (κ3) is 5.18. The number of hydrogen-bond donors (Lipinski definition) is 1. The number of aryl methyl sites for hydroxylation is 1. The molecule has 0 fully saturated rings. The monoisotopic (exact) mass is 419 g/mol. The molecule has 5 nitrogen and oxygen atoms in total. The largest absolute Gasteiger partial charge is 0.325 e. The van der Waals surface area contributed by atoms with E-state index in [0.29, 0.717) is 33.4 Å². The van der Waals surface area contributed by atoms with Crippen molar-refractivity contribution in [1.29, 1.82) is 0 Å². The molecule has 3 aromatic rings. The highest BCUT2D eigenvalue weighted by Gasteiger charge is 2.08. The molecule has 0 aliphatic carbocycles. The number of rotatable bonds is 6. The van der Waals surface area contributed by atoms with Crippen LogP contribution in [0.2, 0.25) is 10.0 Å². The third-order valence-corrected chi connectivity index (χ3v) is 4.55. The molecule has 0 unspecified atom stereocenters. The maximum atomic E-state index is 13.1. The van der Waals surface area contributed by atoms with Crippen LogP contribution in [0.5, 0.6) is 0 Å². The molecule has 1 aromatic heterocycles. The van der Waals surface area contributed by atoms with Crippen molar-refractivity contribution >= 4 is 34.8 Å². The molecule has 0 saturated carbocycles. The van der Waals surface area contributed by atoms with E-state index in [-0.39, 0.29) is 30.2 Å². The van der Waals surface area contributed by atoms with E-state index in [9.17, 15) is 14.0 Å². The fraction of sp³-hybridized carbons (Fsp3) is 0.150. The molecule has 8 heteroatoms. The second kappa shape index (κ2) is 8.99. The van der Waals surface area contributed by atoms with Gasteiger partial charge in [-0.3, -0.25) is 9.59 Å². The molecular formula is C20H16Cl2FN3O2. The van der Waals surface area contributed by atoms with E-state index in [1.807, 2.05) is 0 Å². The lowest BCUT2D eigenvalue weighted by Crippen LogP contribution is -2.23. The van der Waals surface area contributed by atoms with Crippen molar-refractivity contribution < 1.29 is 9.18 Å². The van der Waals surface area contributed by atoms with E-state index in [1.54, 1.807) is 36.4 Å². The number of carbonyl (C=O) groups excluding carboxylic acids is 1. The first-order valence-corrected chi connectivity index (χ1v) is 9.27. The van der Waals surface area contributed by atoms with Gasteiger partial charge in [-0.15, -0.1) is 0 Å². The Morgan fingerprint density at radius 1 is 1.07 bits per heavy atom. The van der Waals surface area contributed by atoms with Crippen LogP contribution in [0.4, 0.5) is 10.1 Å². The predicted octanol–water partition coefficient (Wildman–Crippen LogP) is 4.78. The highest BCUT2D eigenvalue weighted by molar-refractivity contribution is 6.35. The summed E-state index contributed by atoms with van der Waals surface area (Å²) in [7, 11) is 0. The molecule has 0 radical (unpaired) electrons. The molecule has 1 amide bonds. The number of benzene rings is 2. The lowest BCUT2D eigenvalue weighted by molar-refractivity contribution is -0.116. The van der Waals surface area contributed by atoms with Crippen LogP contribution in [-0.4, -0.2) is 15.7 Å². The second-order valence-electron chi connectivity index (χ2n) is 6.06. The molecule has 0 atom stereocenters. The summed E-state index contributed by atoms with van der Waals surface area (Å²) in [4.78, 5) is 24.1. The number of nitrogens with zero attached hydrogens (tertiary/aromatic N) is 2. The van der Waals surface area contributed by atoms with Crippen LogP contribution < -0.4 is 10.9 Å². The normalized spacial score (nSPS) is 10.7. The highest BCUT2D eigenvalue weighted by Crippen LogP contribution is 2.25. The average Bonchev–Trinajstić information content (AvgIpc) is 2.67. The minimum Gasteiger partial charge on any atom is -0.325 e. The number of carbonyl (C=O) groups is 1. The van der Waals surface area contributed by atoms with Crippen LogP contribution in [0, 0.1) is 5.82 Å². The van der Waals surface area contributed by atoms with E-state index in [2.05, 4.69) is 10.4 Å². The first-order valence-electron chi connectivity index (χ1n) is 8.51. The van der Waals surface area contributed by atoms with Crippen LogP contribution in [0.15, 0.2) is 59.4 Å². The van der Waals surface area contributed by atoms with E-state index in [4.69, 9.17) is 23.2 Å². The van der Waals surface area contributed by atoms with Gasteiger partial charge in [0.2, 0.25) is 5.91 Å². The Labute approximate surface area is 170 Å². The second-order valence-corrected chi connectivity index (χ2v) is 6.91. The fourth-order valence-corrected chi connectivity index (χ4v) is 2.92. The molecule has 3 rings (SSSR count). The number of halogens is 3. The summed E-state index contributed by atoms with van der Waals surface area (Å²) < 4.78 is 14.4. The maximum absolute atomic E-state index is 13.1. The summed E-state index contributed by atoms with van der Waals surface area (Å²) in [6, 6.07) is 13.6. The molecule has 0 spiro atoms. The minimum absolute atomic E-state index is 0.178. The summed E-state index contributed by atoms with van der Waals surface area (Å²) in [6.07, 6.45) is 0.585. The zero-order valence-corrected chi connectivity index (χ0v) is 16.2. The van der Waals surface area contributed by atoms with E-state index in [0.717, 1.165) is 0 Å². The maximum Gasteiger partial charge on any atom is 0.266 e. The van der Waals surface area contributed by atoms with Crippen molar-refractivity contribution in [2.24, 2.45) is 0 Å². The number of hydrogen-bond acceptors (Lipinski definition) is 3. The Bertz CT molecular complexity index is 1050. The topological polar surface area (TPSA) is 64.0 Å². The van der Waals surface area contributed by atoms with Gasteiger partial charge in [-0.1, -0.05) is 23.2 Å². The third-order valence-electron chi connectivity index (χ3n) is 3.98. The zero-order chi connectivity index (χ0) is 20.1. The Morgan fingerprint density at radius 3 is 2.57 bits per heavy atom. The van der Waals surface area contributed by atoms with Crippen molar-refractivity contribution in [2.75, 3.05) is 5.32 Å². The summed E-state index contributed by atoms with van der Waals surface area (Å²) >= 11 is 11.9. The minimum atomic E-state index is -0.345. The van der Waals surface area contributed by atoms with Gasteiger partial charge in [-0.05, 0) is 55.0 Å². The van der Waals surface area contributed by atoms with Gasteiger partial charge in [0.15, 0.2) is 0 Å². The molecule has 0 bridgehead atoms.